The van der Waals surface area contributed by atoms with E-state index in [9.17, 15) is 29.7 Å². The molecule has 4 atom stereocenters. The number of fused-ring (bicyclic) bond motifs is 6. The van der Waals surface area contributed by atoms with Crippen LogP contribution in [0.5, 0.6) is 23.0 Å². The number of allylic oxidation sites excluding steroid dienone is 2. The number of aliphatic carboxylic acids is 2. The van der Waals surface area contributed by atoms with Gasteiger partial charge in [0, 0.05) is 45.9 Å². The van der Waals surface area contributed by atoms with Gasteiger partial charge in [0.05, 0.1) is 5.41 Å². The van der Waals surface area contributed by atoms with Crippen molar-refractivity contribution < 1.29 is 43.9 Å². The van der Waals surface area contributed by atoms with Crippen LogP contribution in [0.15, 0.2) is 47.6 Å². The number of carbonyl (C=O) groups is 3. The third-order valence-corrected chi connectivity index (χ3v) is 13.8. The fraction of sp³-hybridized carbons (Fsp3) is 0.627. The summed E-state index contributed by atoms with van der Waals surface area (Å²) < 4.78 is 19.0. The van der Waals surface area contributed by atoms with E-state index in [1.165, 1.54) is 0 Å². The molecular weight excluding hydrogens is 757 g/mol. The standard InChI is InChI=1S/C28H40O5.C23H32O4/c1-9-10-13-27(5,6)18-15-21(32-25(31)26(2,3)4)23-19-14-17(24(29)30)11-12-20(19)28(7,8)33-22(23)16-18;1-6-7-10-22(2,3)15-12-18(24)20-16-11-14(21(25)26)8-9-17(16)23(4,5)27-19(20)13-15/h11,15-16,19-20H,9-10,12-14H2,1-8H3,(H,29,30);8,12-13,16-17,24H,6-7,9-11H2,1-5H3,(H,25,26)/t19-,20-;16-,17-/m11/s1. The van der Waals surface area contributed by atoms with Crippen molar-refractivity contribution in [1.29, 1.82) is 0 Å². The lowest BCUT2D eigenvalue weighted by Crippen LogP contribution is -2.46. The van der Waals surface area contributed by atoms with Crippen LogP contribution in [0.25, 0.3) is 0 Å². The number of benzene rings is 2. The number of esters is 1. The molecular formula is C51H72O9. The maximum Gasteiger partial charge on any atom is 0.331 e. The first-order valence-electron chi connectivity index (χ1n) is 22.2. The molecule has 2 aliphatic carbocycles. The van der Waals surface area contributed by atoms with Crippen LogP contribution >= 0.6 is 0 Å². The topological polar surface area (TPSA) is 140 Å². The third-order valence-electron chi connectivity index (χ3n) is 13.8. The maximum absolute atomic E-state index is 12.9. The summed E-state index contributed by atoms with van der Waals surface area (Å²) in [6, 6.07) is 8.03. The van der Waals surface area contributed by atoms with Gasteiger partial charge >= 0.3 is 17.9 Å². The molecule has 0 spiro atoms. The monoisotopic (exact) mass is 829 g/mol. The normalized spacial score (nSPS) is 22.7. The summed E-state index contributed by atoms with van der Waals surface area (Å²) in [4.78, 5) is 36.3. The molecule has 2 aromatic carbocycles. The molecule has 0 radical (unpaired) electrons. The van der Waals surface area contributed by atoms with Gasteiger partial charge in [-0.1, -0.05) is 79.4 Å². The Labute approximate surface area is 359 Å². The molecule has 6 rings (SSSR count). The van der Waals surface area contributed by atoms with Crippen LogP contribution in [0.4, 0.5) is 0 Å². The number of carboxylic acids is 2. The average molecular weight is 829 g/mol. The van der Waals surface area contributed by atoms with E-state index in [4.69, 9.17) is 14.2 Å². The molecule has 0 aromatic heterocycles. The zero-order chi connectivity index (χ0) is 44.7. The van der Waals surface area contributed by atoms with Crippen molar-refractivity contribution >= 4 is 17.9 Å². The fourth-order valence-electron chi connectivity index (χ4n) is 9.77. The first kappa shape index (κ1) is 46.8. The Hall–Kier alpha value is -4.27. The smallest absolute Gasteiger partial charge is 0.331 e. The molecule has 2 heterocycles. The van der Waals surface area contributed by atoms with Crippen LogP contribution < -0.4 is 14.2 Å². The zero-order valence-corrected chi connectivity index (χ0v) is 38.6. The van der Waals surface area contributed by atoms with Gasteiger partial charge < -0.3 is 29.5 Å². The summed E-state index contributed by atoms with van der Waals surface area (Å²) in [6.45, 7) is 27.0. The Bertz CT molecular complexity index is 2020. The van der Waals surface area contributed by atoms with Gasteiger partial charge in [0.2, 0.25) is 0 Å². The number of unbranched alkanes of at least 4 members (excludes halogenated alkanes) is 2. The molecule has 0 unspecified atom stereocenters. The minimum atomic E-state index is -0.884. The minimum absolute atomic E-state index is 0.0346. The molecule has 0 saturated heterocycles. The maximum atomic E-state index is 12.9. The summed E-state index contributed by atoms with van der Waals surface area (Å²) >= 11 is 0. The highest BCUT2D eigenvalue weighted by Crippen LogP contribution is 2.57. The number of hydrogen-bond donors (Lipinski definition) is 3. The number of phenols is 1. The van der Waals surface area contributed by atoms with Crippen LogP contribution in [0.1, 0.15) is 188 Å². The third kappa shape index (κ3) is 9.76. The van der Waals surface area contributed by atoms with Crippen molar-refractivity contribution in [3.05, 3.63) is 69.8 Å². The molecule has 0 bridgehead atoms. The lowest BCUT2D eigenvalue weighted by molar-refractivity contribution is -0.143. The quantitative estimate of drug-likeness (QED) is 0.149. The van der Waals surface area contributed by atoms with E-state index in [-0.39, 0.29) is 46.2 Å². The molecule has 4 aliphatic rings. The van der Waals surface area contributed by atoms with Crippen LogP contribution in [-0.4, -0.2) is 44.4 Å². The van der Waals surface area contributed by atoms with Gasteiger partial charge in [-0.3, -0.25) is 4.79 Å². The van der Waals surface area contributed by atoms with Gasteiger partial charge in [0.1, 0.15) is 34.2 Å². The van der Waals surface area contributed by atoms with E-state index in [1.807, 2.05) is 45.1 Å². The largest absolute Gasteiger partial charge is 0.508 e. The van der Waals surface area contributed by atoms with Gasteiger partial charge in [-0.2, -0.15) is 0 Å². The van der Waals surface area contributed by atoms with Crippen molar-refractivity contribution in [2.45, 2.75) is 188 Å². The van der Waals surface area contributed by atoms with Crippen LogP contribution in [0.2, 0.25) is 0 Å². The molecule has 9 nitrogen and oxygen atoms in total. The first-order valence-corrected chi connectivity index (χ1v) is 22.2. The van der Waals surface area contributed by atoms with Crippen molar-refractivity contribution in [2.75, 3.05) is 0 Å². The number of phenolic OH excluding ortho intramolecular Hbond substituents is 1. The zero-order valence-electron chi connectivity index (χ0n) is 38.6. The van der Waals surface area contributed by atoms with Crippen molar-refractivity contribution in [3.8, 4) is 23.0 Å². The second-order valence-corrected chi connectivity index (χ2v) is 21.2. The number of carbonyl (C=O) groups excluding carboxylic acids is 1. The number of rotatable bonds is 11. The van der Waals surface area contributed by atoms with E-state index in [2.05, 4.69) is 81.4 Å². The predicted octanol–water partition coefficient (Wildman–Crippen LogP) is 12.3. The fourth-order valence-corrected chi connectivity index (χ4v) is 9.77. The van der Waals surface area contributed by atoms with Gasteiger partial charge in [0.25, 0.3) is 0 Å². The Morgan fingerprint density at radius 2 is 1.10 bits per heavy atom. The highest BCUT2D eigenvalue weighted by molar-refractivity contribution is 5.87. The molecule has 0 fully saturated rings. The van der Waals surface area contributed by atoms with Gasteiger partial charge in [-0.25, -0.2) is 9.59 Å². The first-order chi connectivity index (χ1) is 27.7. The molecule has 60 heavy (non-hydrogen) atoms. The number of carboxylic acid groups (broad SMARTS) is 2. The Kier molecular flexibility index (Phi) is 13.4. The van der Waals surface area contributed by atoms with Gasteiger partial charge in [0.15, 0.2) is 0 Å². The molecule has 330 valence electrons. The lowest BCUT2D eigenvalue weighted by atomic mass is 9.66. The number of hydrogen-bond acceptors (Lipinski definition) is 7. The van der Waals surface area contributed by atoms with Gasteiger partial charge in [-0.05, 0) is 133 Å². The van der Waals surface area contributed by atoms with E-state index in [0.29, 0.717) is 54.1 Å². The predicted molar refractivity (Wildman–Crippen MR) is 237 cm³/mol. The number of aromatic hydroxyl groups is 1. The SMILES string of the molecule is CCCCC(C)(C)c1cc(O)c2c(c1)OC(C)(C)[C@@H]1CC=C(C(=O)O)C[C@@H]21.CCCCC(C)(C)c1cc(OC(=O)C(C)(C)C)c2c(c1)OC(C)(C)[C@@H]1CC=C(C(=O)O)C[C@@H]21. The van der Waals surface area contributed by atoms with Crippen molar-refractivity contribution in [3.63, 3.8) is 0 Å². The van der Waals surface area contributed by atoms with Crippen molar-refractivity contribution in [2.24, 2.45) is 17.3 Å². The molecule has 9 heteroatoms. The summed E-state index contributed by atoms with van der Waals surface area (Å²) in [6.07, 6.45) is 12.3. The van der Waals surface area contributed by atoms with E-state index >= 15 is 0 Å². The van der Waals surface area contributed by atoms with E-state index in [0.717, 1.165) is 60.8 Å². The Morgan fingerprint density at radius 3 is 1.52 bits per heavy atom. The highest BCUT2D eigenvalue weighted by atomic mass is 16.5. The average Bonchev–Trinajstić information content (AvgIpc) is 3.14. The molecule has 0 saturated carbocycles. The van der Waals surface area contributed by atoms with Crippen LogP contribution in [0.3, 0.4) is 0 Å². The summed E-state index contributed by atoms with van der Waals surface area (Å²) in [7, 11) is 0. The van der Waals surface area contributed by atoms with E-state index < -0.39 is 28.6 Å². The Morgan fingerprint density at radius 1 is 0.683 bits per heavy atom. The minimum Gasteiger partial charge on any atom is -0.508 e. The van der Waals surface area contributed by atoms with Crippen LogP contribution in [0, 0.1) is 17.3 Å². The lowest BCUT2D eigenvalue weighted by Gasteiger charge is -2.47. The van der Waals surface area contributed by atoms with E-state index in [1.54, 1.807) is 0 Å². The number of ether oxygens (including phenoxy) is 3. The molecule has 2 aromatic rings. The summed E-state index contributed by atoms with van der Waals surface area (Å²) in [5.74, 6) is 0.257. The Balaban J connectivity index is 0.000000232. The molecule has 0 amide bonds. The van der Waals surface area contributed by atoms with Crippen LogP contribution in [-0.2, 0) is 25.2 Å². The summed E-state index contributed by atoms with van der Waals surface area (Å²) in [5, 5.41) is 30.0. The summed E-state index contributed by atoms with van der Waals surface area (Å²) in [5.41, 5.74) is 2.92. The molecule has 3 N–H and O–H groups in total. The second-order valence-electron chi connectivity index (χ2n) is 21.2. The van der Waals surface area contributed by atoms with Crippen molar-refractivity contribution in [1.82, 2.24) is 0 Å². The van der Waals surface area contributed by atoms with Gasteiger partial charge in [-0.15, -0.1) is 0 Å². The highest BCUT2D eigenvalue weighted by Gasteiger charge is 2.49. The molecule has 2 aliphatic heterocycles. The second kappa shape index (κ2) is 17.2.